The third kappa shape index (κ3) is 2.88. The average molecular weight is 154 g/mol. The maximum absolute atomic E-state index is 10.5. The maximum Gasteiger partial charge on any atom is 0.138 e. The van der Waals surface area contributed by atoms with E-state index in [1.165, 1.54) is 0 Å². The predicted octanol–water partition coefficient (Wildman–Crippen LogP) is 0.0423. The first-order chi connectivity index (χ1) is 5.29. The van der Waals surface area contributed by atoms with Gasteiger partial charge in [0.1, 0.15) is 12.1 Å². The van der Waals surface area contributed by atoms with Gasteiger partial charge in [0.2, 0.25) is 0 Å². The molecule has 0 saturated heterocycles. The topological polar surface area (TPSA) is 60.7 Å². The molecule has 5 nitrogen and oxygen atoms in total. The fourth-order valence-corrected chi connectivity index (χ4v) is 0.773. The lowest BCUT2D eigenvalue weighted by Gasteiger charge is -1.95. The van der Waals surface area contributed by atoms with Gasteiger partial charge in [0, 0.05) is 13.0 Å². The summed E-state index contributed by atoms with van der Waals surface area (Å²) >= 11 is 0. The Labute approximate surface area is 64.4 Å². The van der Waals surface area contributed by atoms with E-state index in [2.05, 4.69) is 15.5 Å². The van der Waals surface area contributed by atoms with Crippen molar-refractivity contribution in [1.82, 2.24) is 20.2 Å². The fourth-order valence-electron chi connectivity index (χ4n) is 0.773. The first-order valence-corrected chi connectivity index (χ1v) is 3.49. The van der Waals surface area contributed by atoms with Crippen molar-refractivity contribution < 1.29 is 4.79 Å². The molecular formula is C6H10N4O. The number of carbonyl (C=O) groups is 1. The molecule has 0 atom stereocenters. The molecule has 0 aliphatic rings. The molecule has 0 bridgehead atoms. The van der Waals surface area contributed by atoms with Gasteiger partial charge in [-0.15, -0.1) is 5.10 Å². The van der Waals surface area contributed by atoms with Crippen LogP contribution in [0.2, 0.25) is 0 Å². The number of aromatic nitrogens is 4. The molecule has 0 radical (unpaired) electrons. The van der Waals surface area contributed by atoms with Gasteiger partial charge in [0.05, 0.1) is 0 Å². The van der Waals surface area contributed by atoms with Crippen molar-refractivity contribution in [1.29, 1.82) is 0 Å². The second-order valence-electron chi connectivity index (χ2n) is 2.38. The van der Waals surface area contributed by atoms with Crippen LogP contribution in [0.25, 0.3) is 0 Å². The smallest absolute Gasteiger partial charge is 0.138 e. The van der Waals surface area contributed by atoms with Crippen molar-refractivity contribution >= 4 is 5.78 Å². The summed E-state index contributed by atoms with van der Waals surface area (Å²) in [5, 5.41) is 10.6. The zero-order valence-electron chi connectivity index (χ0n) is 6.40. The Morgan fingerprint density at radius 1 is 1.64 bits per heavy atom. The highest BCUT2D eigenvalue weighted by Gasteiger charge is 1.95. The number of hydrogen-bond acceptors (Lipinski definition) is 4. The van der Waals surface area contributed by atoms with Crippen LogP contribution in [0, 0.1) is 0 Å². The van der Waals surface area contributed by atoms with Crippen LogP contribution in [-0.2, 0) is 11.3 Å². The van der Waals surface area contributed by atoms with E-state index in [0.29, 0.717) is 13.0 Å². The van der Waals surface area contributed by atoms with Gasteiger partial charge < -0.3 is 4.79 Å². The van der Waals surface area contributed by atoms with Crippen LogP contribution in [0.3, 0.4) is 0 Å². The summed E-state index contributed by atoms with van der Waals surface area (Å²) in [5.41, 5.74) is 0. The van der Waals surface area contributed by atoms with E-state index < -0.39 is 0 Å². The summed E-state index contributed by atoms with van der Waals surface area (Å²) in [6.07, 6.45) is 2.94. The van der Waals surface area contributed by atoms with Gasteiger partial charge >= 0.3 is 0 Å². The van der Waals surface area contributed by atoms with Crippen LogP contribution < -0.4 is 0 Å². The highest BCUT2D eigenvalue weighted by Crippen LogP contribution is 1.92. The Kier molecular flexibility index (Phi) is 2.71. The van der Waals surface area contributed by atoms with Crippen molar-refractivity contribution in [2.75, 3.05) is 0 Å². The van der Waals surface area contributed by atoms with Crippen molar-refractivity contribution in [2.45, 2.75) is 26.3 Å². The Bertz CT molecular complexity index is 218. The van der Waals surface area contributed by atoms with E-state index in [4.69, 9.17) is 0 Å². The molecule has 0 amide bonds. The zero-order valence-corrected chi connectivity index (χ0v) is 6.40. The third-order valence-electron chi connectivity index (χ3n) is 1.31. The lowest BCUT2D eigenvalue weighted by atomic mass is 10.2. The van der Waals surface area contributed by atoms with Crippen LogP contribution in [0.5, 0.6) is 0 Å². The fraction of sp³-hybridized carbons (Fsp3) is 0.667. The number of ketones is 1. The molecule has 5 heteroatoms. The molecule has 60 valence electrons. The molecule has 0 aromatic carbocycles. The number of hydrogen-bond donors (Lipinski definition) is 0. The lowest BCUT2D eigenvalue weighted by molar-refractivity contribution is -0.117. The number of carbonyl (C=O) groups excluding carboxylic acids is 1. The Morgan fingerprint density at radius 3 is 3.00 bits per heavy atom. The lowest BCUT2D eigenvalue weighted by Crippen LogP contribution is -2.01. The van der Waals surface area contributed by atoms with Gasteiger partial charge in [-0.2, -0.15) is 0 Å². The van der Waals surface area contributed by atoms with E-state index in [0.717, 1.165) is 6.42 Å². The van der Waals surface area contributed by atoms with Gasteiger partial charge in [-0.25, -0.2) is 4.68 Å². The monoisotopic (exact) mass is 154 g/mol. The highest BCUT2D eigenvalue weighted by molar-refractivity contribution is 5.75. The normalized spacial score (nSPS) is 9.91. The average Bonchev–Trinajstić information content (AvgIpc) is 2.39. The van der Waals surface area contributed by atoms with E-state index in [-0.39, 0.29) is 5.78 Å². The van der Waals surface area contributed by atoms with Crippen LogP contribution in [-0.4, -0.2) is 26.0 Å². The van der Waals surface area contributed by atoms with Crippen molar-refractivity contribution in [2.24, 2.45) is 0 Å². The van der Waals surface area contributed by atoms with E-state index in [1.54, 1.807) is 17.9 Å². The molecule has 0 fully saturated rings. The summed E-state index contributed by atoms with van der Waals surface area (Å²) in [5.74, 6) is 0.207. The van der Waals surface area contributed by atoms with E-state index >= 15 is 0 Å². The maximum atomic E-state index is 10.5. The number of tetrazole rings is 1. The van der Waals surface area contributed by atoms with Gasteiger partial charge in [-0.05, 0) is 23.8 Å². The SMILES string of the molecule is CC(=O)CCCn1cnnn1. The Morgan fingerprint density at radius 2 is 2.45 bits per heavy atom. The molecule has 1 heterocycles. The molecular weight excluding hydrogens is 144 g/mol. The number of Topliss-reactive ketones (excluding diaryl/α,β-unsaturated/α-hetero) is 1. The summed E-state index contributed by atoms with van der Waals surface area (Å²) in [4.78, 5) is 10.5. The summed E-state index contributed by atoms with van der Waals surface area (Å²) in [6, 6.07) is 0. The van der Waals surface area contributed by atoms with Crippen molar-refractivity contribution in [3.05, 3.63) is 6.33 Å². The quantitative estimate of drug-likeness (QED) is 0.614. The van der Waals surface area contributed by atoms with Crippen molar-refractivity contribution in [3.63, 3.8) is 0 Å². The number of nitrogens with zero attached hydrogens (tertiary/aromatic N) is 4. The molecule has 11 heavy (non-hydrogen) atoms. The van der Waals surface area contributed by atoms with Gasteiger partial charge in [-0.1, -0.05) is 0 Å². The van der Waals surface area contributed by atoms with Crippen LogP contribution in [0.1, 0.15) is 19.8 Å². The highest BCUT2D eigenvalue weighted by atomic mass is 16.1. The number of rotatable bonds is 4. The minimum absolute atomic E-state index is 0.207. The summed E-state index contributed by atoms with van der Waals surface area (Å²) in [7, 11) is 0. The third-order valence-corrected chi connectivity index (χ3v) is 1.31. The predicted molar refractivity (Wildman–Crippen MR) is 37.7 cm³/mol. The minimum Gasteiger partial charge on any atom is -0.300 e. The Balaban J connectivity index is 2.19. The Hall–Kier alpha value is -1.26. The molecule has 0 unspecified atom stereocenters. The van der Waals surface area contributed by atoms with E-state index in [9.17, 15) is 4.79 Å². The molecule has 1 aromatic rings. The first-order valence-electron chi connectivity index (χ1n) is 3.49. The largest absolute Gasteiger partial charge is 0.300 e. The van der Waals surface area contributed by atoms with Gasteiger partial charge in [-0.3, -0.25) is 0 Å². The van der Waals surface area contributed by atoms with E-state index in [1.807, 2.05) is 0 Å². The molecule has 0 saturated carbocycles. The molecule has 0 aliphatic carbocycles. The van der Waals surface area contributed by atoms with Crippen molar-refractivity contribution in [3.8, 4) is 0 Å². The van der Waals surface area contributed by atoms with Gasteiger partial charge in [0.25, 0.3) is 0 Å². The van der Waals surface area contributed by atoms with Crippen LogP contribution in [0.15, 0.2) is 6.33 Å². The molecule has 1 rings (SSSR count). The van der Waals surface area contributed by atoms with Gasteiger partial charge in [0.15, 0.2) is 0 Å². The molecule has 0 aliphatic heterocycles. The van der Waals surface area contributed by atoms with Crippen LogP contribution >= 0.6 is 0 Å². The first kappa shape index (κ1) is 7.84. The number of aryl methyl sites for hydroxylation is 1. The summed E-state index contributed by atoms with van der Waals surface area (Å²) < 4.78 is 1.61. The molecule has 0 spiro atoms. The molecule has 1 aromatic heterocycles. The zero-order chi connectivity index (χ0) is 8.10. The standard InChI is InChI=1S/C6H10N4O/c1-6(11)3-2-4-10-5-7-8-9-10/h5H,2-4H2,1H3. The summed E-state index contributed by atoms with van der Waals surface area (Å²) in [6.45, 7) is 2.30. The second kappa shape index (κ2) is 3.80. The second-order valence-corrected chi connectivity index (χ2v) is 2.38. The minimum atomic E-state index is 0.207. The van der Waals surface area contributed by atoms with Crippen LogP contribution in [0.4, 0.5) is 0 Å². The molecule has 0 N–H and O–H groups in total.